The fourth-order valence-corrected chi connectivity index (χ4v) is 2.62. The third-order valence-electron chi connectivity index (χ3n) is 3.24. The van der Waals surface area contributed by atoms with Crippen LogP contribution in [0.2, 0.25) is 5.02 Å². The highest BCUT2D eigenvalue weighted by molar-refractivity contribution is 6.33. The van der Waals surface area contributed by atoms with E-state index in [4.69, 9.17) is 11.6 Å². The lowest BCUT2D eigenvalue weighted by molar-refractivity contribution is 0.0737. The average molecular weight is 271 g/mol. The summed E-state index contributed by atoms with van der Waals surface area (Å²) in [5.74, 6) is -0.539. The Morgan fingerprint density at radius 2 is 2.39 bits per heavy atom. The van der Waals surface area contributed by atoms with Gasteiger partial charge in [-0.25, -0.2) is 4.39 Å². The summed E-state index contributed by atoms with van der Waals surface area (Å²) in [7, 11) is 1.87. The first-order chi connectivity index (χ1) is 8.63. The standard InChI is InChI=1S/C13H16ClFN2O/c1-16-8-10-3-2-6-17(10)13(18)11-5-4-9(15)7-12(11)14/h4-5,7,10,16H,2-3,6,8H2,1H3. The Kier molecular flexibility index (Phi) is 4.19. The van der Waals surface area contributed by atoms with Gasteiger partial charge in [-0.1, -0.05) is 11.6 Å². The molecule has 98 valence electrons. The lowest BCUT2D eigenvalue weighted by Gasteiger charge is -2.25. The Balaban J connectivity index is 2.20. The molecule has 1 aliphatic rings. The zero-order valence-electron chi connectivity index (χ0n) is 10.2. The Morgan fingerprint density at radius 1 is 1.61 bits per heavy atom. The van der Waals surface area contributed by atoms with E-state index in [-0.39, 0.29) is 17.0 Å². The van der Waals surface area contributed by atoms with Crippen molar-refractivity contribution in [2.75, 3.05) is 20.1 Å². The number of likely N-dealkylation sites (tertiary alicyclic amines) is 1. The molecule has 0 saturated carbocycles. The van der Waals surface area contributed by atoms with E-state index in [0.717, 1.165) is 25.9 Å². The average Bonchev–Trinajstić information content (AvgIpc) is 2.77. The molecule has 0 aliphatic carbocycles. The topological polar surface area (TPSA) is 32.3 Å². The van der Waals surface area contributed by atoms with Gasteiger partial charge in [-0.15, -0.1) is 0 Å². The van der Waals surface area contributed by atoms with Gasteiger partial charge in [0.15, 0.2) is 0 Å². The first-order valence-electron chi connectivity index (χ1n) is 6.04. The van der Waals surface area contributed by atoms with E-state index in [1.54, 1.807) is 0 Å². The predicted molar refractivity (Wildman–Crippen MR) is 69.4 cm³/mol. The van der Waals surface area contributed by atoms with Gasteiger partial charge >= 0.3 is 0 Å². The van der Waals surface area contributed by atoms with E-state index < -0.39 is 5.82 Å². The molecule has 1 fully saturated rings. The second-order valence-electron chi connectivity index (χ2n) is 4.48. The van der Waals surface area contributed by atoms with Crippen LogP contribution < -0.4 is 5.32 Å². The second kappa shape index (κ2) is 5.67. The maximum Gasteiger partial charge on any atom is 0.255 e. The molecular formula is C13H16ClFN2O. The molecule has 0 spiro atoms. The molecule has 5 heteroatoms. The number of carbonyl (C=O) groups excluding carboxylic acids is 1. The molecule has 1 atom stereocenters. The Morgan fingerprint density at radius 3 is 3.06 bits per heavy atom. The van der Waals surface area contributed by atoms with Gasteiger partial charge in [0.1, 0.15) is 5.82 Å². The van der Waals surface area contributed by atoms with Crippen molar-refractivity contribution >= 4 is 17.5 Å². The SMILES string of the molecule is CNCC1CCCN1C(=O)c1ccc(F)cc1Cl. The summed E-state index contributed by atoms with van der Waals surface area (Å²) in [5.41, 5.74) is 0.376. The van der Waals surface area contributed by atoms with Crippen LogP contribution in [-0.4, -0.2) is 37.0 Å². The molecule has 0 radical (unpaired) electrons. The van der Waals surface area contributed by atoms with Gasteiger partial charge in [-0.3, -0.25) is 4.79 Å². The molecular weight excluding hydrogens is 255 g/mol. The molecule has 1 unspecified atom stereocenters. The second-order valence-corrected chi connectivity index (χ2v) is 4.88. The Hall–Kier alpha value is -1.13. The van der Waals surface area contributed by atoms with E-state index in [9.17, 15) is 9.18 Å². The predicted octanol–water partition coefficient (Wildman–Crippen LogP) is 2.30. The minimum absolute atomic E-state index is 0.113. The highest BCUT2D eigenvalue weighted by atomic mass is 35.5. The van der Waals surface area contributed by atoms with Crippen LogP contribution in [0.3, 0.4) is 0 Å². The van der Waals surface area contributed by atoms with Gasteiger partial charge < -0.3 is 10.2 Å². The molecule has 1 aliphatic heterocycles. The van der Waals surface area contributed by atoms with Gasteiger partial charge in [0.05, 0.1) is 10.6 Å². The Bertz CT molecular complexity index is 453. The van der Waals surface area contributed by atoms with Crippen LogP contribution in [0, 0.1) is 5.82 Å². The molecule has 1 amide bonds. The lowest BCUT2D eigenvalue weighted by atomic mass is 10.1. The fourth-order valence-electron chi connectivity index (χ4n) is 2.37. The number of halogens is 2. The first-order valence-corrected chi connectivity index (χ1v) is 6.42. The number of carbonyl (C=O) groups is 1. The number of rotatable bonds is 3. The number of nitrogens with zero attached hydrogens (tertiary/aromatic N) is 1. The van der Waals surface area contributed by atoms with Crippen LogP contribution in [0.5, 0.6) is 0 Å². The molecule has 3 nitrogen and oxygen atoms in total. The zero-order chi connectivity index (χ0) is 13.1. The quantitative estimate of drug-likeness (QED) is 0.914. The van der Waals surface area contributed by atoms with Crippen molar-refractivity contribution in [1.82, 2.24) is 10.2 Å². The van der Waals surface area contributed by atoms with E-state index in [1.807, 2.05) is 11.9 Å². The molecule has 2 rings (SSSR count). The summed E-state index contributed by atoms with van der Waals surface area (Å²) >= 11 is 5.92. The number of likely N-dealkylation sites (N-methyl/N-ethyl adjacent to an activating group) is 1. The number of nitrogens with one attached hydrogen (secondary N) is 1. The smallest absolute Gasteiger partial charge is 0.255 e. The van der Waals surface area contributed by atoms with Gasteiger partial charge in [-0.2, -0.15) is 0 Å². The maximum absolute atomic E-state index is 13.0. The third-order valence-corrected chi connectivity index (χ3v) is 3.55. The van der Waals surface area contributed by atoms with E-state index in [1.165, 1.54) is 18.2 Å². The van der Waals surface area contributed by atoms with E-state index >= 15 is 0 Å². The van der Waals surface area contributed by atoms with Crippen molar-refractivity contribution in [3.63, 3.8) is 0 Å². The number of hydrogen-bond acceptors (Lipinski definition) is 2. The van der Waals surface area contributed by atoms with E-state index in [2.05, 4.69) is 5.32 Å². The summed E-state index contributed by atoms with van der Waals surface area (Å²) in [6.45, 7) is 1.50. The zero-order valence-corrected chi connectivity index (χ0v) is 11.0. The maximum atomic E-state index is 13.0. The van der Waals surface area contributed by atoms with Gasteiger partial charge in [0.2, 0.25) is 0 Å². The van der Waals surface area contributed by atoms with Gasteiger partial charge in [0, 0.05) is 19.1 Å². The first kappa shape index (κ1) is 13.3. The molecule has 0 bridgehead atoms. The summed E-state index contributed by atoms with van der Waals surface area (Å²) in [5, 5.41) is 3.26. The summed E-state index contributed by atoms with van der Waals surface area (Å²) in [4.78, 5) is 14.2. The van der Waals surface area contributed by atoms with Gasteiger partial charge in [-0.05, 0) is 38.1 Å². The van der Waals surface area contributed by atoms with Crippen molar-refractivity contribution in [2.45, 2.75) is 18.9 Å². The third kappa shape index (κ3) is 2.65. The van der Waals surface area contributed by atoms with Crippen molar-refractivity contribution in [2.24, 2.45) is 0 Å². The highest BCUT2D eigenvalue weighted by Crippen LogP contribution is 2.24. The largest absolute Gasteiger partial charge is 0.334 e. The molecule has 1 N–H and O–H groups in total. The molecule has 1 saturated heterocycles. The lowest BCUT2D eigenvalue weighted by Crippen LogP contribution is -2.40. The molecule has 18 heavy (non-hydrogen) atoms. The summed E-state index contributed by atoms with van der Waals surface area (Å²) < 4.78 is 13.0. The highest BCUT2D eigenvalue weighted by Gasteiger charge is 2.29. The van der Waals surface area contributed by atoms with Gasteiger partial charge in [0.25, 0.3) is 5.91 Å². The minimum atomic E-state index is -0.426. The van der Waals surface area contributed by atoms with Crippen LogP contribution in [-0.2, 0) is 0 Å². The number of benzene rings is 1. The summed E-state index contributed by atoms with van der Waals surface area (Å²) in [6, 6.07) is 4.10. The number of amides is 1. The normalized spacial score (nSPS) is 19.3. The van der Waals surface area contributed by atoms with Crippen LogP contribution in [0.1, 0.15) is 23.2 Å². The van der Waals surface area contributed by atoms with Crippen molar-refractivity contribution in [3.05, 3.63) is 34.6 Å². The molecule has 1 aromatic carbocycles. The van der Waals surface area contributed by atoms with Crippen LogP contribution in [0.4, 0.5) is 4.39 Å². The van der Waals surface area contributed by atoms with Crippen LogP contribution in [0.15, 0.2) is 18.2 Å². The minimum Gasteiger partial charge on any atom is -0.334 e. The Labute approximate surface area is 111 Å². The van der Waals surface area contributed by atoms with Crippen LogP contribution >= 0.6 is 11.6 Å². The monoisotopic (exact) mass is 270 g/mol. The van der Waals surface area contributed by atoms with Crippen molar-refractivity contribution in [3.8, 4) is 0 Å². The summed E-state index contributed by atoms with van der Waals surface area (Å²) in [6.07, 6.45) is 1.99. The van der Waals surface area contributed by atoms with Crippen molar-refractivity contribution < 1.29 is 9.18 Å². The van der Waals surface area contributed by atoms with Crippen molar-refractivity contribution in [1.29, 1.82) is 0 Å². The number of hydrogen-bond donors (Lipinski definition) is 1. The van der Waals surface area contributed by atoms with E-state index in [0.29, 0.717) is 5.56 Å². The molecule has 1 aromatic rings. The molecule has 0 aromatic heterocycles. The molecule has 1 heterocycles. The fraction of sp³-hybridized carbons (Fsp3) is 0.462. The van der Waals surface area contributed by atoms with Crippen LogP contribution in [0.25, 0.3) is 0 Å².